The van der Waals surface area contributed by atoms with E-state index in [1.165, 1.54) is 13.6 Å². The Hall–Kier alpha value is -3.68. The van der Waals surface area contributed by atoms with E-state index in [-0.39, 0.29) is 35.5 Å². The first-order chi connectivity index (χ1) is 15.3. The maximum absolute atomic E-state index is 13.4. The summed E-state index contributed by atoms with van der Waals surface area (Å²) in [7, 11) is 0. The number of benzene rings is 2. The quantitative estimate of drug-likeness (QED) is 0.506. The van der Waals surface area contributed by atoms with Crippen LogP contribution in [0.5, 0.6) is 0 Å². The summed E-state index contributed by atoms with van der Waals surface area (Å²) in [6.45, 7) is 8.60. The molecule has 0 unspecified atom stereocenters. The van der Waals surface area contributed by atoms with Crippen LogP contribution in [0.25, 0.3) is 16.7 Å². The third-order valence-electron chi connectivity index (χ3n) is 5.35. The summed E-state index contributed by atoms with van der Waals surface area (Å²) in [5.41, 5.74) is 1.10. The van der Waals surface area contributed by atoms with Crippen molar-refractivity contribution in [1.29, 1.82) is 0 Å². The molecule has 32 heavy (non-hydrogen) atoms. The molecule has 0 fully saturated rings. The third-order valence-corrected chi connectivity index (χ3v) is 5.35. The standard InChI is InChI=1S/C24H27N5O3/c1-15(2)13-25-21(30)18-10-11-19-20(12-18)29-23(28(16(3)4)22(19)31)26-27(24(29)32)14-17-8-6-5-7-9-17/h5-12,15-16H,13-14H2,1-4H3,(H,25,30). The SMILES string of the molecule is CC(C)CNC(=O)c1ccc2c(=O)n(C(C)C)c3nn(Cc4ccccc4)c(=O)n3c2c1. The molecule has 4 rings (SSSR count). The van der Waals surface area contributed by atoms with Gasteiger partial charge in [-0.25, -0.2) is 13.9 Å². The first-order valence-electron chi connectivity index (χ1n) is 10.8. The van der Waals surface area contributed by atoms with Gasteiger partial charge in [0.05, 0.1) is 17.4 Å². The van der Waals surface area contributed by atoms with Gasteiger partial charge in [0.1, 0.15) is 0 Å². The highest BCUT2D eigenvalue weighted by molar-refractivity contribution is 5.98. The first-order valence-corrected chi connectivity index (χ1v) is 10.8. The number of fused-ring (bicyclic) bond motifs is 3. The maximum Gasteiger partial charge on any atom is 0.352 e. The van der Waals surface area contributed by atoms with Gasteiger partial charge in [-0.15, -0.1) is 5.10 Å². The van der Waals surface area contributed by atoms with Gasteiger partial charge in [0.25, 0.3) is 11.5 Å². The van der Waals surface area contributed by atoms with Crippen LogP contribution in [0.4, 0.5) is 0 Å². The fraction of sp³-hybridized carbons (Fsp3) is 0.333. The zero-order valence-corrected chi connectivity index (χ0v) is 18.7. The Kier molecular flexibility index (Phi) is 5.69. The van der Waals surface area contributed by atoms with E-state index in [4.69, 9.17) is 0 Å². The Morgan fingerprint density at radius 3 is 2.41 bits per heavy atom. The normalized spacial score (nSPS) is 11.7. The van der Waals surface area contributed by atoms with E-state index in [9.17, 15) is 14.4 Å². The highest BCUT2D eigenvalue weighted by atomic mass is 16.2. The Labute approximate surface area is 185 Å². The van der Waals surface area contributed by atoms with Gasteiger partial charge in [-0.05, 0) is 43.5 Å². The van der Waals surface area contributed by atoms with Crippen LogP contribution in [0, 0.1) is 5.92 Å². The molecule has 2 heterocycles. The van der Waals surface area contributed by atoms with Crippen molar-refractivity contribution in [3.05, 3.63) is 80.5 Å². The van der Waals surface area contributed by atoms with Crippen molar-refractivity contribution in [2.24, 2.45) is 5.92 Å². The lowest BCUT2D eigenvalue weighted by Gasteiger charge is -2.13. The Balaban J connectivity index is 1.95. The average Bonchev–Trinajstić information content (AvgIpc) is 3.07. The number of nitrogens with one attached hydrogen (secondary N) is 1. The molecule has 0 aliphatic heterocycles. The highest BCUT2D eigenvalue weighted by Crippen LogP contribution is 2.17. The molecule has 2 aromatic carbocycles. The van der Waals surface area contributed by atoms with E-state index in [0.29, 0.717) is 28.9 Å². The zero-order chi connectivity index (χ0) is 23.0. The van der Waals surface area contributed by atoms with Gasteiger partial charge in [0, 0.05) is 18.2 Å². The summed E-state index contributed by atoms with van der Waals surface area (Å²) in [4.78, 5) is 39.3. The fourth-order valence-corrected chi connectivity index (χ4v) is 3.75. The molecule has 0 bridgehead atoms. The lowest BCUT2D eigenvalue weighted by molar-refractivity contribution is 0.0949. The Morgan fingerprint density at radius 1 is 1.03 bits per heavy atom. The predicted octanol–water partition coefficient (Wildman–Crippen LogP) is 2.83. The molecule has 1 amide bonds. The monoisotopic (exact) mass is 433 g/mol. The summed E-state index contributed by atoms with van der Waals surface area (Å²) < 4.78 is 4.30. The number of hydrogen-bond donors (Lipinski definition) is 1. The van der Waals surface area contributed by atoms with Crippen molar-refractivity contribution >= 4 is 22.6 Å². The average molecular weight is 434 g/mol. The molecule has 8 heteroatoms. The molecule has 0 saturated carbocycles. The molecular weight excluding hydrogens is 406 g/mol. The number of rotatable bonds is 6. The van der Waals surface area contributed by atoms with Crippen LogP contribution in [-0.2, 0) is 6.54 Å². The molecule has 0 spiro atoms. The fourth-order valence-electron chi connectivity index (χ4n) is 3.75. The van der Waals surface area contributed by atoms with Gasteiger partial charge in [-0.2, -0.15) is 0 Å². The predicted molar refractivity (Wildman–Crippen MR) is 124 cm³/mol. The summed E-state index contributed by atoms with van der Waals surface area (Å²) in [5, 5.41) is 7.75. The van der Waals surface area contributed by atoms with Crippen LogP contribution in [-0.4, -0.2) is 31.2 Å². The van der Waals surface area contributed by atoms with Crippen molar-refractivity contribution < 1.29 is 4.79 Å². The van der Waals surface area contributed by atoms with Crippen molar-refractivity contribution in [2.75, 3.05) is 6.54 Å². The number of hydrogen-bond acceptors (Lipinski definition) is 4. The summed E-state index contributed by atoms with van der Waals surface area (Å²) in [6.07, 6.45) is 0. The van der Waals surface area contributed by atoms with Crippen LogP contribution < -0.4 is 16.6 Å². The van der Waals surface area contributed by atoms with Crippen molar-refractivity contribution in [3.63, 3.8) is 0 Å². The van der Waals surface area contributed by atoms with Crippen molar-refractivity contribution in [2.45, 2.75) is 40.3 Å². The Bertz CT molecular complexity index is 1410. The molecule has 2 aromatic heterocycles. The van der Waals surface area contributed by atoms with Gasteiger partial charge in [-0.1, -0.05) is 44.2 Å². The largest absolute Gasteiger partial charge is 0.352 e. The first kappa shape index (κ1) is 21.5. The van der Waals surface area contributed by atoms with Gasteiger partial charge >= 0.3 is 5.69 Å². The summed E-state index contributed by atoms with van der Waals surface area (Å²) in [5.74, 6) is 0.327. The second-order valence-corrected chi connectivity index (χ2v) is 8.67. The van der Waals surface area contributed by atoms with Gasteiger partial charge in [0.2, 0.25) is 5.78 Å². The molecule has 166 valence electrons. The number of amides is 1. The van der Waals surface area contributed by atoms with Crippen LogP contribution in [0.3, 0.4) is 0 Å². The molecule has 4 aromatic rings. The van der Waals surface area contributed by atoms with Gasteiger partial charge < -0.3 is 5.32 Å². The van der Waals surface area contributed by atoms with E-state index in [2.05, 4.69) is 10.4 Å². The van der Waals surface area contributed by atoms with Crippen LogP contribution in [0.15, 0.2) is 58.1 Å². The van der Waals surface area contributed by atoms with Crippen LogP contribution >= 0.6 is 0 Å². The minimum atomic E-state index is -0.358. The van der Waals surface area contributed by atoms with E-state index < -0.39 is 0 Å². The molecule has 0 atom stereocenters. The third kappa shape index (κ3) is 3.84. The molecule has 1 N–H and O–H groups in total. The Morgan fingerprint density at radius 2 is 1.75 bits per heavy atom. The smallest absolute Gasteiger partial charge is 0.352 e. The van der Waals surface area contributed by atoms with Gasteiger partial charge in [0.15, 0.2) is 0 Å². The van der Waals surface area contributed by atoms with Crippen molar-refractivity contribution in [1.82, 2.24) is 24.1 Å². The minimum absolute atomic E-state index is 0.199. The topological polar surface area (TPSA) is 90.4 Å². The number of nitrogens with zero attached hydrogens (tertiary/aromatic N) is 4. The highest BCUT2D eigenvalue weighted by Gasteiger charge is 2.20. The summed E-state index contributed by atoms with van der Waals surface area (Å²) >= 11 is 0. The van der Waals surface area contributed by atoms with Crippen molar-refractivity contribution in [3.8, 4) is 0 Å². The summed E-state index contributed by atoms with van der Waals surface area (Å²) in [6, 6.07) is 14.2. The molecule has 8 nitrogen and oxygen atoms in total. The van der Waals surface area contributed by atoms with E-state index in [1.54, 1.807) is 18.2 Å². The molecule has 0 aliphatic carbocycles. The number of carbonyl (C=O) groups is 1. The zero-order valence-electron chi connectivity index (χ0n) is 18.7. The van der Waals surface area contributed by atoms with E-state index in [1.807, 2.05) is 58.0 Å². The second-order valence-electron chi connectivity index (χ2n) is 8.67. The molecule has 0 saturated heterocycles. The van der Waals surface area contributed by atoms with Gasteiger partial charge in [-0.3, -0.25) is 14.2 Å². The van der Waals surface area contributed by atoms with Crippen LogP contribution in [0.2, 0.25) is 0 Å². The van der Waals surface area contributed by atoms with Crippen LogP contribution in [0.1, 0.15) is 49.7 Å². The molecule has 0 radical (unpaired) electrons. The minimum Gasteiger partial charge on any atom is -0.352 e. The number of carbonyl (C=O) groups excluding carboxylic acids is 1. The van der Waals surface area contributed by atoms with E-state index >= 15 is 0 Å². The lowest BCUT2D eigenvalue weighted by Crippen LogP contribution is -2.29. The molecular formula is C24H27N5O3. The lowest BCUT2D eigenvalue weighted by atomic mass is 10.1. The molecule has 0 aliphatic rings. The van der Waals surface area contributed by atoms with E-state index in [0.717, 1.165) is 5.56 Å². The number of aromatic nitrogens is 4. The second kappa shape index (κ2) is 8.45. The maximum atomic E-state index is 13.4.